The summed E-state index contributed by atoms with van der Waals surface area (Å²) >= 11 is 0. The number of amides is 4. The lowest BCUT2D eigenvalue weighted by molar-refractivity contribution is -0.148. The van der Waals surface area contributed by atoms with E-state index < -0.39 is 96.0 Å². The normalized spacial score (nSPS) is 33.2. The maximum Gasteiger partial charge on any atom is 0.408 e. The molecule has 3 heterocycles. The number of alkyl carbamates (subject to hydrolysis) is 1. The number of anilines is 1. The number of carbonyl (C=O) groups is 4. The van der Waals surface area contributed by atoms with E-state index in [0.717, 1.165) is 0 Å². The third-order valence-corrected chi connectivity index (χ3v) is 10.8. The number of hydrogen-bond acceptors (Lipinski definition) is 6. The van der Waals surface area contributed by atoms with Crippen LogP contribution in [0.3, 0.4) is 0 Å². The Kier molecular flexibility index (Phi) is 7.96. The Balaban J connectivity index is 1.34. The predicted molar refractivity (Wildman–Crippen MR) is 155 cm³/mol. The molecular formula is C32H37F4N5O5. The molecule has 2 bridgehead atoms. The Labute approximate surface area is 263 Å². The number of carbonyl (C=O) groups excluding carboxylic acids is 4. The minimum atomic E-state index is -1.65. The van der Waals surface area contributed by atoms with Crippen molar-refractivity contribution in [3.8, 4) is 6.07 Å². The number of alkyl halides is 3. The molecule has 0 aromatic heterocycles. The Morgan fingerprint density at radius 2 is 1.89 bits per heavy atom. The van der Waals surface area contributed by atoms with Crippen LogP contribution in [-0.4, -0.2) is 90.5 Å². The molecule has 1 aromatic carbocycles. The van der Waals surface area contributed by atoms with E-state index in [9.17, 15) is 37.6 Å². The number of rotatable bonds is 6. The first kappa shape index (κ1) is 32.1. The fraction of sp³-hybridized carbons (Fsp3) is 0.656. The van der Waals surface area contributed by atoms with Gasteiger partial charge in [-0.2, -0.15) is 5.26 Å². The highest BCUT2D eigenvalue weighted by Gasteiger charge is 2.65. The Bertz CT molecular complexity index is 1490. The molecule has 4 amide bonds. The molecule has 2 N–H and O–H groups in total. The van der Waals surface area contributed by atoms with Crippen molar-refractivity contribution in [2.45, 2.75) is 75.8 Å². The molecule has 1 spiro atoms. The van der Waals surface area contributed by atoms with Crippen molar-refractivity contribution in [1.29, 1.82) is 5.26 Å². The van der Waals surface area contributed by atoms with Crippen LogP contribution in [0.25, 0.3) is 0 Å². The van der Waals surface area contributed by atoms with Gasteiger partial charge >= 0.3 is 6.09 Å². The minimum absolute atomic E-state index is 0.0638. The van der Waals surface area contributed by atoms with E-state index in [-0.39, 0.29) is 31.3 Å². The number of nitrogens with zero attached hydrogens (tertiary/aromatic N) is 3. The largest absolute Gasteiger partial charge is 0.441 e. The molecule has 5 aliphatic rings. The molecule has 0 unspecified atom stereocenters. The highest BCUT2D eigenvalue weighted by atomic mass is 19.1. The van der Waals surface area contributed by atoms with E-state index >= 15 is 4.39 Å². The number of benzene rings is 1. The third-order valence-electron chi connectivity index (χ3n) is 10.8. The first-order chi connectivity index (χ1) is 21.7. The molecule has 3 aliphatic heterocycles. The minimum Gasteiger partial charge on any atom is -0.441 e. The summed E-state index contributed by atoms with van der Waals surface area (Å²) in [5.41, 5.74) is -1.62. The van der Waals surface area contributed by atoms with E-state index in [1.54, 1.807) is 20.8 Å². The van der Waals surface area contributed by atoms with Crippen molar-refractivity contribution in [2.24, 2.45) is 29.1 Å². The molecule has 2 saturated carbocycles. The molecule has 2 aliphatic carbocycles. The van der Waals surface area contributed by atoms with Crippen LogP contribution in [-0.2, 0) is 24.5 Å². The van der Waals surface area contributed by atoms with Crippen molar-refractivity contribution in [1.82, 2.24) is 15.1 Å². The molecule has 248 valence electrons. The second-order valence-electron chi connectivity index (χ2n) is 14.4. The van der Waals surface area contributed by atoms with E-state index in [1.807, 2.05) is 0 Å². The van der Waals surface area contributed by atoms with Crippen LogP contribution in [0.2, 0.25) is 0 Å². The highest BCUT2D eigenvalue weighted by Crippen LogP contribution is 2.59. The summed E-state index contributed by atoms with van der Waals surface area (Å²) in [7, 11) is 0. The molecule has 10 nitrogen and oxygen atoms in total. The summed E-state index contributed by atoms with van der Waals surface area (Å²) in [5.74, 6) is -3.65. The summed E-state index contributed by atoms with van der Waals surface area (Å²) in [6.07, 6.45) is -3.25. The molecule has 14 heteroatoms. The molecule has 1 aromatic rings. The zero-order chi connectivity index (χ0) is 33.3. The molecule has 9 atom stereocenters. The topological polar surface area (TPSA) is 132 Å². The number of hydrogen-bond donors (Lipinski definition) is 2. The maximum atomic E-state index is 15.2. The van der Waals surface area contributed by atoms with E-state index in [2.05, 4.69) is 16.7 Å². The molecule has 46 heavy (non-hydrogen) atoms. The lowest BCUT2D eigenvalue weighted by atomic mass is 9.77. The lowest BCUT2D eigenvalue weighted by Crippen LogP contribution is -2.60. The number of ether oxygens (including phenoxy) is 1. The van der Waals surface area contributed by atoms with Crippen LogP contribution in [0.1, 0.15) is 45.6 Å². The maximum absolute atomic E-state index is 15.2. The molecule has 0 radical (unpaired) electrons. The van der Waals surface area contributed by atoms with Crippen LogP contribution in [0.4, 0.5) is 28.0 Å². The van der Waals surface area contributed by atoms with Crippen molar-refractivity contribution in [2.75, 3.05) is 31.8 Å². The van der Waals surface area contributed by atoms with Crippen molar-refractivity contribution >= 4 is 29.5 Å². The van der Waals surface area contributed by atoms with Gasteiger partial charge in [0.1, 0.15) is 43.5 Å². The quantitative estimate of drug-likeness (QED) is 0.455. The summed E-state index contributed by atoms with van der Waals surface area (Å²) < 4.78 is 60.5. The van der Waals surface area contributed by atoms with Crippen LogP contribution in [0.5, 0.6) is 0 Å². The van der Waals surface area contributed by atoms with Crippen LogP contribution in [0.15, 0.2) is 18.2 Å². The number of nitriles is 1. The monoisotopic (exact) mass is 647 g/mol. The first-order valence-electron chi connectivity index (χ1n) is 15.6. The van der Waals surface area contributed by atoms with Crippen LogP contribution >= 0.6 is 0 Å². The SMILES string of the molecule is CC(C)(C)[C@H](NC(=O)OC(CF)CF)C(=O)N1C[C@@H]2[C@H]3C[C@@H]([C@@H]2[C@H]1C(=O)N1C[C@]2(C[C@H]1C#N)C(=O)Nc1ccc(F)cc12)[C@H](F)C3. The summed E-state index contributed by atoms with van der Waals surface area (Å²) in [5, 5.41) is 15.3. The average Bonchev–Trinajstić information content (AvgIpc) is 3.80. The first-order valence-corrected chi connectivity index (χ1v) is 15.6. The lowest BCUT2D eigenvalue weighted by Gasteiger charge is -2.38. The number of fused-ring (bicyclic) bond motifs is 7. The van der Waals surface area contributed by atoms with Gasteiger partial charge in [0.2, 0.25) is 17.7 Å². The van der Waals surface area contributed by atoms with Gasteiger partial charge in [0.25, 0.3) is 0 Å². The van der Waals surface area contributed by atoms with Gasteiger partial charge < -0.3 is 25.2 Å². The van der Waals surface area contributed by atoms with Gasteiger partial charge in [-0.1, -0.05) is 20.8 Å². The average molecular weight is 648 g/mol. The zero-order valence-electron chi connectivity index (χ0n) is 25.8. The Morgan fingerprint density at radius 1 is 1.17 bits per heavy atom. The summed E-state index contributed by atoms with van der Waals surface area (Å²) in [6, 6.07) is 2.37. The van der Waals surface area contributed by atoms with Crippen LogP contribution in [0, 0.1) is 46.2 Å². The fourth-order valence-corrected chi connectivity index (χ4v) is 8.64. The fourth-order valence-electron chi connectivity index (χ4n) is 8.64. The Hall–Kier alpha value is -3.89. The van der Waals surface area contributed by atoms with Crippen molar-refractivity contribution in [3.05, 3.63) is 29.6 Å². The van der Waals surface area contributed by atoms with Gasteiger partial charge in [-0.05, 0) is 65.7 Å². The summed E-state index contributed by atoms with van der Waals surface area (Å²) in [6.45, 7) is 2.34. The van der Waals surface area contributed by atoms with Gasteiger partial charge in [0.05, 0.1) is 11.5 Å². The third kappa shape index (κ3) is 4.97. The molecule has 2 saturated heterocycles. The molecule has 4 fully saturated rings. The standard InChI is InChI=1S/C32H37F4N5O5/c1-31(2,3)26(39-30(45)46-18(10-33)11-34)28(43)40-13-20-15-6-19(22(36)7-15)24(20)25(40)27(42)41-14-32(9-17(41)12-37)21-8-16(35)4-5-23(21)38-29(32)44/h4-5,8,15,17-20,22,24-26H,6-7,9-11,13-14H2,1-3H3,(H,38,44)(H,39,45)/t15-,17-,19+,20+,22+,24-,25-,26+,32-/m0/s1. The predicted octanol–water partition coefficient (Wildman–Crippen LogP) is 3.41. The van der Waals surface area contributed by atoms with Crippen molar-refractivity contribution < 1.29 is 41.5 Å². The number of likely N-dealkylation sites (tertiary alicyclic amines) is 2. The second kappa shape index (κ2) is 11.4. The zero-order valence-corrected chi connectivity index (χ0v) is 25.8. The molecule has 6 rings (SSSR count). The van der Waals surface area contributed by atoms with Gasteiger partial charge in [-0.15, -0.1) is 0 Å². The highest BCUT2D eigenvalue weighted by molar-refractivity contribution is 6.07. The van der Waals surface area contributed by atoms with E-state index in [4.69, 9.17) is 4.74 Å². The van der Waals surface area contributed by atoms with Gasteiger partial charge in [0.15, 0.2) is 6.10 Å². The second-order valence-corrected chi connectivity index (χ2v) is 14.4. The van der Waals surface area contributed by atoms with Crippen molar-refractivity contribution in [3.63, 3.8) is 0 Å². The number of nitrogens with one attached hydrogen (secondary N) is 2. The number of halogens is 4. The smallest absolute Gasteiger partial charge is 0.408 e. The van der Waals surface area contributed by atoms with Crippen LogP contribution < -0.4 is 10.6 Å². The van der Waals surface area contributed by atoms with Gasteiger partial charge in [-0.3, -0.25) is 14.4 Å². The van der Waals surface area contributed by atoms with E-state index in [0.29, 0.717) is 24.1 Å². The van der Waals surface area contributed by atoms with Gasteiger partial charge in [0, 0.05) is 25.2 Å². The van der Waals surface area contributed by atoms with Gasteiger partial charge in [-0.25, -0.2) is 22.4 Å². The van der Waals surface area contributed by atoms with E-state index in [1.165, 1.54) is 28.0 Å². The summed E-state index contributed by atoms with van der Waals surface area (Å²) in [4.78, 5) is 57.6. The Morgan fingerprint density at radius 3 is 2.54 bits per heavy atom. The molecular weight excluding hydrogens is 610 g/mol.